The van der Waals surface area contributed by atoms with E-state index in [1.54, 1.807) is 39.0 Å². The van der Waals surface area contributed by atoms with Gasteiger partial charge < -0.3 is 55.1 Å². The van der Waals surface area contributed by atoms with Gasteiger partial charge in [0.15, 0.2) is 6.61 Å². The molecule has 0 spiro atoms. The van der Waals surface area contributed by atoms with Crippen LogP contribution in [0.1, 0.15) is 23.2 Å². The Morgan fingerprint density at radius 2 is 1.16 bits per heavy atom. The number of carboxylic acid groups (broad SMARTS) is 3. The van der Waals surface area contributed by atoms with Gasteiger partial charge in [-0.15, -0.1) is 0 Å². The van der Waals surface area contributed by atoms with Crippen LogP contribution in [-0.2, 0) is 43.0 Å². The van der Waals surface area contributed by atoms with E-state index >= 15 is 0 Å². The number of carbonyl (C=O) groups is 7. The second-order valence-electron chi connectivity index (χ2n) is 15.7. The van der Waals surface area contributed by atoms with Gasteiger partial charge in [-0.1, -0.05) is 0 Å². The molecular formula is C43H62N10O14. The van der Waals surface area contributed by atoms with Crippen molar-refractivity contribution < 1.29 is 67.8 Å². The molecule has 0 saturated carbocycles. The Hall–Kier alpha value is -6.07. The number of hydrogen-bond acceptors (Lipinski definition) is 17. The Bertz CT molecular complexity index is 1970. The quantitative estimate of drug-likeness (QED) is 0.0537. The maximum atomic E-state index is 12.9. The Kier molecular flexibility index (Phi) is 23.6. The number of aromatic nitrogens is 1. The topological polar surface area (TPSA) is 306 Å². The van der Waals surface area contributed by atoms with E-state index in [2.05, 4.69) is 27.0 Å². The lowest BCUT2D eigenvalue weighted by Gasteiger charge is -2.32. The highest BCUT2D eigenvalue weighted by molar-refractivity contribution is 6.07. The number of nitrogens with zero attached hydrogens (tertiary/aromatic N) is 7. The number of hydrogen-bond donors (Lipinski definition) is 6. The summed E-state index contributed by atoms with van der Waals surface area (Å²) in [5, 5.41) is 46.1. The second-order valence-corrected chi connectivity index (χ2v) is 15.7. The SMILES string of the molecule is N#C[C@@H]1CCCN1C(=O)CNC(=O)c1ccnc2cc(OCC(=O)NCCOCCOCCOCCNC(=O)CN3CCN(CC(=O)O)CCN(CC(=O)O)CCN(CC(=O)O)CC3)ccc12. The first-order valence-corrected chi connectivity index (χ1v) is 22.1. The molecule has 2 saturated heterocycles. The van der Waals surface area contributed by atoms with Crippen molar-refractivity contribution in [2.75, 3.05) is 151 Å². The number of rotatable bonds is 26. The van der Waals surface area contributed by atoms with E-state index in [-0.39, 0.29) is 129 Å². The molecule has 67 heavy (non-hydrogen) atoms. The number of ether oxygens (including phenoxy) is 4. The molecule has 2 aliphatic heterocycles. The fourth-order valence-electron chi connectivity index (χ4n) is 7.28. The van der Waals surface area contributed by atoms with E-state index in [1.807, 2.05) is 4.90 Å². The van der Waals surface area contributed by atoms with Crippen LogP contribution < -0.4 is 20.7 Å². The monoisotopic (exact) mass is 942 g/mol. The van der Waals surface area contributed by atoms with Crippen molar-refractivity contribution in [3.63, 3.8) is 0 Å². The van der Waals surface area contributed by atoms with Crippen molar-refractivity contribution in [1.29, 1.82) is 5.26 Å². The molecule has 4 amide bonds. The minimum Gasteiger partial charge on any atom is -0.484 e. The molecule has 0 radical (unpaired) electrons. The van der Waals surface area contributed by atoms with Crippen LogP contribution in [0.25, 0.3) is 10.9 Å². The Morgan fingerprint density at radius 1 is 0.657 bits per heavy atom. The summed E-state index contributed by atoms with van der Waals surface area (Å²) in [5.74, 6) is -4.14. The van der Waals surface area contributed by atoms with Gasteiger partial charge in [0.05, 0.1) is 89.5 Å². The summed E-state index contributed by atoms with van der Waals surface area (Å²) in [7, 11) is 0. The highest BCUT2D eigenvalue weighted by Gasteiger charge is 2.29. The number of carbonyl (C=O) groups excluding carboxylic acids is 4. The van der Waals surface area contributed by atoms with E-state index in [4.69, 9.17) is 18.9 Å². The van der Waals surface area contributed by atoms with Crippen molar-refractivity contribution in [1.82, 2.24) is 45.4 Å². The largest absolute Gasteiger partial charge is 0.484 e. The smallest absolute Gasteiger partial charge is 0.317 e. The zero-order valence-electron chi connectivity index (χ0n) is 37.6. The molecule has 0 bridgehead atoms. The number of likely N-dealkylation sites (tertiary alicyclic amines) is 1. The normalized spacial score (nSPS) is 16.9. The number of benzene rings is 1. The number of fused-ring (bicyclic) bond motifs is 1. The number of nitrogens with one attached hydrogen (secondary N) is 3. The molecule has 0 aliphatic carbocycles. The predicted octanol–water partition coefficient (Wildman–Crippen LogP) is -2.38. The van der Waals surface area contributed by atoms with Gasteiger partial charge in [0.2, 0.25) is 11.8 Å². The second kappa shape index (κ2) is 29.5. The van der Waals surface area contributed by atoms with E-state index < -0.39 is 29.9 Å². The van der Waals surface area contributed by atoms with E-state index in [9.17, 15) is 54.1 Å². The number of pyridine rings is 1. The van der Waals surface area contributed by atoms with Gasteiger partial charge in [0, 0.05) is 89.6 Å². The van der Waals surface area contributed by atoms with Crippen LogP contribution in [0.15, 0.2) is 30.5 Å². The first-order valence-electron chi connectivity index (χ1n) is 22.1. The lowest BCUT2D eigenvalue weighted by Crippen LogP contribution is -2.50. The third-order valence-electron chi connectivity index (χ3n) is 10.7. The minimum absolute atomic E-state index is 0.00104. The molecule has 1 aromatic carbocycles. The molecule has 2 aromatic rings. The lowest BCUT2D eigenvalue weighted by atomic mass is 10.1. The van der Waals surface area contributed by atoms with Crippen LogP contribution in [0.3, 0.4) is 0 Å². The molecule has 24 heteroatoms. The molecule has 3 heterocycles. The Labute approximate surface area is 388 Å². The highest BCUT2D eigenvalue weighted by Crippen LogP contribution is 2.22. The van der Waals surface area contributed by atoms with Crippen molar-refractivity contribution in [2.24, 2.45) is 0 Å². The van der Waals surface area contributed by atoms with E-state index in [1.165, 1.54) is 11.1 Å². The number of nitriles is 1. The fraction of sp³-hybridized carbons (Fsp3) is 0.605. The molecule has 1 aromatic heterocycles. The zero-order valence-corrected chi connectivity index (χ0v) is 37.6. The summed E-state index contributed by atoms with van der Waals surface area (Å²) >= 11 is 0. The van der Waals surface area contributed by atoms with Crippen LogP contribution in [0, 0.1) is 11.3 Å². The molecule has 1 atom stereocenters. The molecule has 4 rings (SSSR count). The van der Waals surface area contributed by atoms with Crippen LogP contribution in [0.2, 0.25) is 0 Å². The Morgan fingerprint density at radius 3 is 1.69 bits per heavy atom. The molecule has 6 N–H and O–H groups in total. The van der Waals surface area contributed by atoms with Crippen LogP contribution >= 0.6 is 0 Å². The summed E-state index contributed by atoms with van der Waals surface area (Å²) < 4.78 is 22.2. The number of carboxylic acids is 3. The fourth-order valence-corrected chi connectivity index (χ4v) is 7.28. The molecule has 2 aliphatic rings. The average molecular weight is 943 g/mol. The third-order valence-corrected chi connectivity index (χ3v) is 10.7. The van der Waals surface area contributed by atoms with Gasteiger partial charge in [0.25, 0.3) is 11.8 Å². The number of amides is 4. The first-order chi connectivity index (χ1) is 32.3. The molecule has 2 fully saturated rings. The highest BCUT2D eigenvalue weighted by atomic mass is 16.5. The summed E-state index contributed by atoms with van der Waals surface area (Å²) in [6.07, 6.45) is 2.83. The molecule has 0 unspecified atom stereocenters. The first kappa shape index (κ1) is 53.5. The summed E-state index contributed by atoms with van der Waals surface area (Å²) in [5.41, 5.74) is 0.777. The maximum absolute atomic E-state index is 12.9. The maximum Gasteiger partial charge on any atom is 0.317 e. The van der Waals surface area contributed by atoms with Crippen LogP contribution in [-0.4, -0.2) is 243 Å². The van der Waals surface area contributed by atoms with Gasteiger partial charge in [-0.2, -0.15) is 5.26 Å². The van der Waals surface area contributed by atoms with Gasteiger partial charge in [-0.05, 0) is 31.0 Å². The van der Waals surface area contributed by atoms with Crippen molar-refractivity contribution in [3.8, 4) is 11.8 Å². The number of aliphatic carboxylic acids is 3. The van der Waals surface area contributed by atoms with E-state index in [0.717, 1.165) is 6.42 Å². The zero-order chi connectivity index (χ0) is 48.4. The minimum atomic E-state index is -1.04. The average Bonchev–Trinajstić information content (AvgIpc) is 3.78. The van der Waals surface area contributed by atoms with Crippen molar-refractivity contribution in [2.45, 2.75) is 18.9 Å². The molecule has 368 valence electrons. The van der Waals surface area contributed by atoms with E-state index in [0.29, 0.717) is 68.0 Å². The third kappa shape index (κ3) is 20.5. The molecule has 24 nitrogen and oxygen atoms in total. The summed E-state index contributed by atoms with van der Waals surface area (Å²) in [6.45, 7) is 3.73. The van der Waals surface area contributed by atoms with Crippen molar-refractivity contribution in [3.05, 3.63) is 36.0 Å². The van der Waals surface area contributed by atoms with Gasteiger partial charge in [-0.25, -0.2) is 0 Å². The molecular weight excluding hydrogens is 881 g/mol. The van der Waals surface area contributed by atoms with Crippen LogP contribution in [0.4, 0.5) is 0 Å². The Balaban J connectivity index is 1.03. The summed E-state index contributed by atoms with van der Waals surface area (Å²) in [4.78, 5) is 97.7. The predicted molar refractivity (Wildman–Crippen MR) is 237 cm³/mol. The van der Waals surface area contributed by atoms with Crippen LogP contribution in [0.5, 0.6) is 5.75 Å². The van der Waals surface area contributed by atoms with Crippen molar-refractivity contribution >= 4 is 52.4 Å². The van der Waals surface area contributed by atoms with Gasteiger partial charge in [0.1, 0.15) is 11.8 Å². The lowest BCUT2D eigenvalue weighted by molar-refractivity contribution is -0.140. The van der Waals surface area contributed by atoms with Gasteiger partial charge in [-0.3, -0.25) is 58.1 Å². The van der Waals surface area contributed by atoms with Gasteiger partial charge >= 0.3 is 17.9 Å². The standard InChI is InChI=1S/C43H62N10O14/c44-25-32-2-1-9-53(32)39(56)26-48-43(63)35-5-6-45-36-24-33(3-4-34(35)36)67-31-38(55)47-8-19-65-21-23-66-22-20-64-18-7-46-37(54)27-49-10-12-50(28-40(57)58)14-16-52(30-42(61)62)17-15-51(13-11-49)29-41(59)60/h3-6,24,32H,1-2,7-23,26-31H2,(H,46,54)(H,47,55)(H,48,63)(H,57,58)(H,59,60)(H,61,62)/t32-/m0/s1. The summed E-state index contributed by atoms with van der Waals surface area (Å²) in [6, 6.07) is 8.05.